The van der Waals surface area contributed by atoms with E-state index in [-0.39, 0.29) is 5.69 Å². The number of nitro groups is 1. The van der Waals surface area contributed by atoms with Gasteiger partial charge in [0.1, 0.15) is 16.6 Å². The smallest absolute Gasteiger partial charge is 0.295 e. The van der Waals surface area contributed by atoms with E-state index in [2.05, 4.69) is 31.9 Å². The first kappa shape index (κ1) is 11.7. The van der Waals surface area contributed by atoms with E-state index in [1.54, 1.807) is 18.2 Å². The summed E-state index contributed by atoms with van der Waals surface area (Å²) in [5, 5.41) is 12.4. The molecule has 0 aliphatic heterocycles. The zero-order chi connectivity index (χ0) is 12.9. The van der Waals surface area contributed by atoms with Crippen LogP contribution in [0.5, 0.6) is 0 Å². The molecule has 3 aromatic rings. The minimum Gasteiger partial charge on any atom is -0.456 e. The largest absolute Gasteiger partial charge is 0.456 e. The van der Waals surface area contributed by atoms with E-state index in [0.29, 0.717) is 21.0 Å². The van der Waals surface area contributed by atoms with Gasteiger partial charge < -0.3 is 4.42 Å². The van der Waals surface area contributed by atoms with Gasteiger partial charge in [-0.1, -0.05) is 15.9 Å². The fourth-order valence-corrected chi connectivity index (χ4v) is 2.81. The van der Waals surface area contributed by atoms with Crippen molar-refractivity contribution in [2.24, 2.45) is 0 Å². The van der Waals surface area contributed by atoms with Gasteiger partial charge in [0.2, 0.25) is 0 Å². The zero-order valence-corrected chi connectivity index (χ0v) is 12.0. The van der Waals surface area contributed by atoms with Gasteiger partial charge in [-0.15, -0.1) is 0 Å². The third-order valence-corrected chi connectivity index (χ3v) is 3.84. The van der Waals surface area contributed by atoms with Crippen molar-refractivity contribution in [3.63, 3.8) is 0 Å². The van der Waals surface area contributed by atoms with Crippen LogP contribution in [0, 0.1) is 10.1 Å². The van der Waals surface area contributed by atoms with Crippen molar-refractivity contribution in [1.82, 2.24) is 0 Å². The quantitative estimate of drug-likeness (QED) is 0.446. The molecule has 0 spiro atoms. The third-order valence-electron chi connectivity index (χ3n) is 2.70. The Morgan fingerprint density at radius 3 is 2.56 bits per heavy atom. The topological polar surface area (TPSA) is 56.3 Å². The number of fused-ring (bicyclic) bond motifs is 3. The maximum absolute atomic E-state index is 11.2. The van der Waals surface area contributed by atoms with E-state index in [1.807, 2.05) is 12.1 Å². The molecule has 0 radical (unpaired) electrons. The number of nitrogens with zero attached hydrogens (tertiary/aromatic N) is 1. The molecule has 0 saturated heterocycles. The monoisotopic (exact) mass is 369 g/mol. The Kier molecular flexibility index (Phi) is 2.64. The molecule has 0 aliphatic carbocycles. The van der Waals surface area contributed by atoms with Gasteiger partial charge in [0.05, 0.1) is 9.40 Å². The Labute approximate surface area is 118 Å². The van der Waals surface area contributed by atoms with Crippen molar-refractivity contribution in [1.29, 1.82) is 0 Å². The van der Waals surface area contributed by atoms with Gasteiger partial charge >= 0.3 is 0 Å². The highest BCUT2D eigenvalue weighted by atomic mass is 79.9. The van der Waals surface area contributed by atoms with Gasteiger partial charge in [-0.3, -0.25) is 10.1 Å². The summed E-state index contributed by atoms with van der Waals surface area (Å²) in [6, 6.07) is 8.79. The van der Waals surface area contributed by atoms with E-state index in [9.17, 15) is 10.1 Å². The fourth-order valence-electron chi connectivity index (χ4n) is 1.98. The van der Waals surface area contributed by atoms with Gasteiger partial charge in [-0.25, -0.2) is 0 Å². The van der Waals surface area contributed by atoms with Crippen LogP contribution in [0.25, 0.3) is 21.9 Å². The number of halogens is 2. The van der Waals surface area contributed by atoms with Crippen LogP contribution in [-0.4, -0.2) is 4.92 Å². The number of rotatable bonds is 1. The molecule has 0 atom stereocenters. The third kappa shape index (κ3) is 1.64. The van der Waals surface area contributed by atoms with Crippen molar-refractivity contribution >= 4 is 59.5 Å². The Balaban J connectivity index is 2.59. The lowest BCUT2D eigenvalue weighted by molar-refractivity contribution is -0.383. The van der Waals surface area contributed by atoms with Crippen LogP contribution < -0.4 is 0 Å². The second kappa shape index (κ2) is 4.07. The highest BCUT2D eigenvalue weighted by molar-refractivity contribution is 9.10. The predicted molar refractivity (Wildman–Crippen MR) is 75.8 cm³/mol. The summed E-state index contributed by atoms with van der Waals surface area (Å²) in [5.74, 6) is 0. The molecule has 6 heteroatoms. The Morgan fingerprint density at radius 2 is 1.83 bits per heavy atom. The average molecular weight is 371 g/mol. The summed E-state index contributed by atoms with van der Waals surface area (Å²) >= 11 is 6.57. The van der Waals surface area contributed by atoms with Gasteiger partial charge in [-0.2, -0.15) is 0 Å². The zero-order valence-electron chi connectivity index (χ0n) is 8.81. The molecule has 3 rings (SSSR count). The summed E-state index contributed by atoms with van der Waals surface area (Å²) in [7, 11) is 0. The fraction of sp³-hybridized carbons (Fsp3) is 0. The van der Waals surface area contributed by atoms with Crippen LogP contribution in [0.1, 0.15) is 0 Å². The number of benzene rings is 2. The van der Waals surface area contributed by atoms with Crippen LogP contribution in [-0.2, 0) is 0 Å². The number of nitro benzene ring substituents is 1. The molecule has 4 nitrogen and oxygen atoms in total. The second-order valence-corrected chi connectivity index (χ2v) is 5.54. The first-order valence-electron chi connectivity index (χ1n) is 5.02. The molecule has 1 aromatic heterocycles. The van der Waals surface area contributed by atoms with E-state index in [4.69, 9.17) is 4.42 Å². The summed E-state index contributed by atoms with van der Waals surface area (Å²) in [6.45, 7) is 0. The molecular formula is C12H5Br2NO3. The first-order chi connectivity index (χ1) is 8.58. The number of hydrogen-bond donors (Lipinski definition) is 0. The van der Waals surface area contributed by atoms with Crippen molar-refractivity contribution in [2.75, 3.05) is 0 Å². The summed E-state index contributed by atoms with van der Waals surface area (Å²) in [6.07, 6.45) is 0. The number of hydrogen-bond acceptors (Lipinski definition) is 3. The highest BCUT2D eigenvalue weighted by Gasteiger charge is 2.22. The predicted octanol–water partition coefficient (Wildman–Crippen LogP) is 5.02. The minimum atomic E-state index is -0.401. The molecule has 0 unspecified atom stereocenters. The number of furan rings is 1. The van der Waals surface area contributed by atoms with Gasteiger partial charge in [0, 0.05) is 9.86 Å². The molecular weight excluding hydrogens is 366 g/mol. The Hall–Kier alpha value is -1.40. The summed E-state index contributed by atoms with van der Waals surface area (Å²) < 4.78 is 6.91. The molecule has 0 bridgehead atoms. The highest BCUT2D eigenvalue weighted by Crippen LogP contribution is 2.40. The lowest BCUT2D eigenvalue weighted by atomic mass is 10.1. The molecule has 0 N–H and O–H groups in total. The van der Waals surface area contributed by atoms with Crippen LogP contribution in [0.2, 0.25) is 0 Å². The SMILES string of the molecule is O=[N+]([O-])c1c(Br)ccc2oc3ccc(Br)cc3c12. The van der Waals surface area contributed by atoms with Crippen LogP contribution in [0.4, 0.5) is 5.69 Å². The van der Waals surface area contributed by atoms with E-state index >= 15 is 0 Å². The second-order valence-electron chi connectivity index (χ2n) is 3.77. The van der Waals surface area contributed by atoms with Gasteiger partial charge in [-0.05, 0) is 46.3 Å². The van der Waals surface area contributed by atoms with Gasteiger partial charge in [0.25, 0.3) is 5.69 Å². The molecule has 0 saturated carbocycles. The molecule has 18 heavy (non-hydrogen) atoms. The molecule has 2 aromatic carbocycles. The van der Waals surface area contributed by atoms with E-state index in [0.717, 1.165) is 9.86 Å². The van der Waals surface area contributed by atoms with Crippen LogP contribution in [0.3, 0.4) is 0 Å². The maximum atomic E-state index is 11.2. The normalized spacial score (nSPS) is 11.2. The van der Waals surface area contributed by atoms with E-state index in [1.165, 1.54) is 0 Å². The molecule has 0 fully saturated rings. The van der Waals surface area contributed by atoms with Crippen molar-refractivity contribution in [2.45, 2.75) is 0 Å². The maximum Gasteiger partial charge on any atom is 0.295 e. The Morgan fingerprint density at radius 1 is 1.11 bits per heavy atom. The van der Waals surface area contributed by atoms with Crippen LogP contribution >= 0.6 is 31.9 Å². The molecule has 0 amide bonds. The van der Waals surface area contributed by atoms with Crippen molar-refractivity contribution in [3.8, 4) is 0 Å². The van der Waals surface area contributed by atoms with Crippen molar-refractivity contribution in [3.05, 3.63) is 49.4 Å². The first-order valence-corrected chi connectivity index (χ1v) is 6.61. The summed E-state index contributed by atoms with van der Waals surface area (Å²) in [4.78, 5) is 10.8. The molecule has 90 valence electrons. The van der Waals surface area contributed by atoms with Crippen LogP contribution in [0.15, 0.2) is 43.7 Å². The molecule has 1 heterocycles. The summed E-state index contributed by atoms with van der Waals surface area (Å²) in [5.41, 5.74) is 1.18. The average Bonchev–Trinajstić information content (AvgIpc) is 2.66. The van der Waals surface area contributed by atoms with Crippen molar-refractivity contribution < 1.29 is 9.34 Å². The Bertz CT molecular complexity index is 795. The lowest BCUT2D eigenvalue weighted by Gasteiger charge is -1.97. The van der Waals surface area contributed by atoms with E-state index < -0.39 is 4.92 Å². The standard InChI is InChI=1S/C12H5Br2NO3/c13-6-1-3-9-7(5-6)11-10(18-9)4-2-8(14)12(11)15(16)17/h1-5H. The minimum absolute atomic E-state index is 0.0318. The lowest BCUT2D eigenvalue weighted by Crippen LogP contribution is -1.89. The van der Waals surface area contributed by atoms with Gasteiger partial charge in [0.15, 0.2) is 0 Å². The molecule has 0 aliphatic rings.